The molecule has 2 aromatic rings. The third-order valence-corrected chi connectivity index (χ3v) is 5.32. The van der Waals surface area contributed by atoms with Crippen molar-refractivity contribution in [2.45, 2.75) is 11.3 Å². The van der Waals surface area contributed by atoms with E-state index in [1.54, 1.807) is 0 Å². The monoisotopic (exact) mass is 380 g/mol. The second kappa shape index (κ2) is 6.26. The first-order chi connectivity index (χ1) is 11.7. The summed E-state index contributed by atoms with van der Waals surface area (Å²) in [6, 6.07) is 7.99. The molecule has 0 atom stereocenters. The summed E-state index contributed by atoms with van der Waals surface area (Å²) in [4.78, 5) is 22.1. The van der Waals surface area contributed by atoms with Gasteiger partial charge in [-0.05, 0) is 42.0 Å². The molecule has 0 saturated heterocycles. The number of hydrogen-bond acceptors (Lipinski definition) is 4. The number of amides is 3. The van der Waals surface area contributed by atoms with Crippen molar-refractivity contribution in [3.05, 3.63) is 47.0 Å². The molecular formula is C15H13ClN4O4S. The molecule has 0 aromatic heterocycles. The van der Waals surface area contributed by atoms with Gasteiger partial charge in [0.15, 0.2) is 0 Å². The predicted molar refractivity (Wildman–Crippen MR) is 94.2 cm³/mol. The first kappa shape index (κ1) is 17.1. The summed E-state index contributed by atoms with van der Waals surface area (Å²) < 4.78 is 27.5. The average molecular weight is 381 g/mol. The fourth-order valence-electron chi connectivity index (χ4n) is 2.41. The van der Waals surface area contributed by atoms with E-state index in [2.05, 4.69) is 15.4 Å². The number of benzene rings is 2. The Labute approximate surface area is 148 Å². The van der Waals surface area contributed by atoms with Crippen molar-refractivity contribution in [1.29, 1.82) is 0 Å². The Kier molecular flexibility index (Phi) is 4.27. The number of sulfonamides is 1. The van der Waals surface area contributed by atoms with Gasteiger partial charge in [0.25, 0.3) is 10.0 Å². The van der Waals surface area contributed by atoms with Crippen LogP contribution in [0.2, 0.25) is 5.02 Å². The number of urea groups is 1. The van der Waals surface area contributed by atoms with Crippen molar-refractivity contribution in [1.82, 2.24) is 0 Å². The maximum absolute atomic E-state index is 12.6. The van der Waals surface area contributed by atoms with E-state index in [0.717, 1.165) is 0 Å². The Morgan fingerprint density at radius 1 is 1.16 bits per heavy atom. The number of nitrogens with two attached hydrogens (primary N) is 1. The number of anilines is 3. The second-order valence-corrected chi connectivity index (χ2v) is 7.39. The van der Waals surface area contributed by atoms with Crippen molar-refractivity contribution in [2.75, 3.05) is 15.4 Å². The van der Waals surface area contributed by atoms with Crippen LogP contribution in [0.1, 0.15) is 5.56 Å². The van der Waals surface area contributed by atoms with Crippen LogP contribution in [-0.4, -0.2) is 20.4 Å². The minimum absolute atomic E-state index is 0.000431. The summed E-state index contributed by atoms with van der Waals surface area (Å²) in [5, 5.41) is 4.98. The highest BCUT2D eigenvalue weighted by molar-refractivity contribution is 7.92. The molecule has 1 heterocycles. The SMILES string of the molecule is NC(=O)Nc1ccc(NS(=O)(=O)c2cc3c(cc2Cl)NC(=O)C3)cc1. The van der Waals surface area contributed by atoms with Gasteiger partial charge in [0.05, 0.1) is 11.4 Å². The molecule has 2 aromatic carbocycles. The summed E-state index contributed by atoms with van der Waals surface area (Å²) in [6.45, 7) is 0. The maximum Gasteiger partial charge on any atom is 0.316 e. The van der Waals surface area contributed by atoms with Crippen LogP contribution in [0.15, 0.2) is 41.3 Å². The molecule has 0 unspecified atom stereocenters. The molecule has 1 aliphatic rings. The fourth-order valence-corrected chi connectivity index (χ4v) is 4.04. The van der Waals surface area contributed by atoms with Crippen LogP contribution in [0, 0.1) is 0 Å². The van der Waals surface area contributed by atoms with Gasteiger partial charge in [-0.1, -0.05) is 11.6 Å². The standard InChI is InChI=1S/C15H13ClN4O4S/c16-11-7-12-8(6-14(21)19-12)5-13(11)25(23,24)20-10-3-1-9(2-4-10)18-15(17)22/h1-5,7,20H,6H2,(H,19,21)(H3,17,18,22). The molecule has 0 fully saturated rings. The van der Waals surface area contributed by atoms with Crippen LogP contribution in [0.25, 0.3) is 0 Å². The average Bonchev–Trinajstić information content (AvgIpc) is 2.86. The third-order valence-electron chi connectivity index (χ3n) is 3.48. The van der Waals surface area contributed by atoms with E-state index in [9.17, 15) is 18.0 Å². The number of nitrogens with one attached hydrogen (secondary N) is 3. The van der Waals surface area contributed by atoms with Gasteiger partial charge >= 0.3 is 6.03 Å². The van der Waals surface area contributed by atoms with Crippen molar-refractivity contribution in [2.24, 2.45) is 5.73 Å². The van der Waals surface area contributed by atoms with Crippen molar-refractivity contribution in [3.8, 4) is 0 Å². The largest absolute Gasteiger partial charge is 0.351 e. The number of fused-ring (bicyclic) bond motifs is 1. The van der Waals surface area contributed by atoms with E-state index < -0.39 is 16.1 Å². The van der Waals surface area contributed by atoms with Crippen LogP contribution in [-0.2, 0) is 21.2 Å². The Bertz CT molecular complexity index is 974. The molecule has 5 N–H and O–H groups in total. The van der Waals surface area contributed by atoms with Crippen LogP contribution < -0.4 is 21.1 Å². The van der Waals surface area contributed by atoms with E-state index in [-0.39, 0.29) is 27.9 Å². The Morgan fingerprint density at radius 3 is 2.44 bits per heavy atom. The van der Waals surface area contributed by atoms with Crippen molar-refractivity contribution in [3.63, 3.8) is 0 Å². The van der Waals surface area contributed by atoms with E-state index in [1.807, 2.05) is 0 Å². The van der Waals surface area contributed by atoms with Gasteiger partial charge < -0.3 is 16.4 Å². The van der Waals surface area contributed by atoms with Gasteiger partial charge in [0.1, 0.15) is 4.90 Å². The van der Waals surface area contributed by atoms with Gasteiger partial charge in [-0.2, -0.15) is 0 Å². The van der Waals surface area contributed by atoms with Crippen molar-refractivity contribution < 1.29 is 18.0 Å². The van der Waals surface area contributed by atoms with E-state index >= 15 is 0 Å². The summed E-state index contributed by atoms with van der Waals surface area (Å²) >= 11 is 6.06. The molecule has 0 spiro atoms. The molecule has 0 bridgehead atoms. The minimum atomic E-state index is -3.95. The number of rotatable bonds is 4. The molecule has 25 heavy (non-hydrogen) atoms. The highest BCUT2D eigenvalue weighted by atomic mass is 35.5. The molecule has 0 radical (unpaired) electrons. The lowest BCUT2D eigenvalue weighted by Gasteiger charge is -2.11. The molecule has 8 nitrogen and oxygen atoms in total. The van der Waals surface area contributed by atoms with Crippen molar-refractivity contribution >= 4 is 50.6 Å². The smallest absolute Gasteiger partial charge is 0.316 e. The Morgan fingerprint density at radius 2 is 1.80 bits per heavy atom. The Balaban J connectivity index is 1.86. The zero-order valence-corrected chi connectivity index (χ0v) is 14.2. The number of carbonyl (C=O) groups excluding carboxylic acids is 2. The van der Waals surface area contributed by atoms with Crippen LogP contribution in [0.4, 0.5) is 21.9 Å². The molecule has 0 aliphatic carbocycles. The first-order valence-corrected chi connectivity index (χ1v) is 8.92. The molecule has 3 rings (SSSR count). The van der Waals surface area contributed by atoms with Gasteiger partial charge in [-0.3, -0.25) is 9.52 Å². The molecule has 3 amide bonds. The lowest BCUT2D eigenvalue weighted by atomic mass is 10.2. The van der Waals surface area contributed by atoms with Gasteiger partial charge in [-0.15, -0.1) is 0 Å². The van der Waals surface area contributed by atoms with Crippen LogP contribution in [0.5, 0.6) is 0 Å². The number of carbonyl (C=O) groups is 2. The fraction of sp³-hybridized carbons (Fsp3) is 0.0667. The second-order valence-electron chi connectivity index (χ2n) is 5.34. The zero-order valence-electron chi connectivity index (χ0n) is 12.7. The van der Waals surface area contributed by atoms with Gasteiger partial charge in [0.2, 0.25) is 5.91 Å². The molecule has 0 saturated carbocycles. The molecule has 1 aliphatic heterocycles. The summed E-state index contributed by atoms with van der Waals surface area (Å²) in [5.41, 5.74) is 6.79. The van der Waals surface area contributed by atoms with E-state index in [1.165, 1.54) is 36.4 Å². The van der Waals surface area contributed by atoms with Gasteiger partial charge in [-0.25, -0.2) is 13.2 Å². The summed E-state index contributed by atoms with van der Waals surface area (Å²) in [7, 11) is -3.95. The van der Waals surface area contributed by atoms with Gasteiger partial charge in [0, 0.05) is 17.1 Å². The summed E-state index contributed by atoms with van der Waals surface area (Å²) in [6.07, 6.45) is 0.0997. The van der Waals surface area contributed by atoms with E-state index in [4.69, 9.17) is 17.3 Å². The number of primary amides is 1. The van der Waals surface area contributed by atoms with E-state index in [0.29, 0.717) is 16.9 Å². The quantitative estimate of drug-likeness (QED) is 0.647. The summed E-state index contributed by atoms with van der Waals surface area (Å²) in [5.74, 6) is -0.217. The topological polar surface area (TPSA) is 130 Å². The highest BCUT2D eigenvalue weighted by Crippen LogP contribution is 2.33. The number of hydrogen-bond donors (Lipinski definition) is 4. The Hall–Kier alpha value is -2.78. The highest BCUT2D eigenvalue weighted by Gasteiger charge is 2.25. The zero-order chi connectivity index (χ0) is 18.2. The maximum atomic E-state index is 12.6. The normalized spacial score (nSPS) is 13.1. The minimum Gasteiger partial charge on any atom is -0.351 e. The third kappa shape index (κ3) is 3.67. The predicted octanol–water partition coefficient (Wildman–Crippen LogP) is 2.13. The number of halogens is 1. The van der Waals surface area contributed by atoms with Crippen LogP contribution >= 0.6 is 11.6 Å². The first-order valence-electron chi connectivity index (χ1n) is 7.06. The molecule has 130 valence electrons. The van der Waals surface area contributed by atoms with Crippen LogP contribution in [0.3, 0.4) is 0 Å². The lowest BCUT2D eigenvalue weighted by molar-refractivity contribution is -0.115. The molecule has 10 heteroatoms. The lowest BCUT2D eigenvalue weighted by Crippen LogP contribution is -2.19. The molecular weight excluding hydrogens is 368 g/mol.